The summed E-state index contributed by atoms with van der Waals surface area (Å²) < 4.78 is 31.9. The average Bonchev–Trinajstić information content (AvgIpc) is 2.17. The molecule has 1 rings (SSSR count). The van der Waals surface area contributed by atoms with Gasteiger partial charge in [-0.1, -0.05) is 22.0 Å². The van der Waals surface area contributed by atoms with Crippen LogP contribution in [0, 0.1) is 0 Å². The van der Waals surface area contributed by atoms with Gasteiger partial charge in [-0.15, -0.1) is 0 Å². The van der Waals surface area contributed by atoms with Crippen LogP contribution in [0.2, 0.25) is 0 Å². The molecule has 1 atom stereocenters. The zero-order chi connectivity index (χ0) is 12.2. The number of sulfonamides is 1. The zero-order valence-corrected chi connectivity index (χ0v) is 11.5. The Morgan fingerprint density at radius 2 is 2.19 bits per heavy atom. The van der Waals surface area contributed by atoms with Crippen LogP contribution in [-0.4, -0.2) is 28.2 Å². The molecule has 0 saturated carbocycles. The molecule has 16 heavy (non-hydrogen) atoms. The summed E-state index contributed by atoms with van der Waals surface area (Å²) in [7, 11) is -1.93. The summed E-state index contributed by atoms with van der Waals surface area (Å²) in [6.07, 6.45) is 0. The van der Waals surface area contributed by atoms with Crippen molar-refractivity contribution in [3.8, 4) is 0 Å². The SMILES string of the molecule is COCC(C)NS(=O)(=O)c1cccc(Br)c1. The van der Waals surface area contributed by atoms with Crippen molar-refractivity contribution < 1.29 is 13.2 Å². The Bertz CT molecular complexity index is 447. The highest BCUT2D eigenvalue weighted by Crippen LogP contribution is 2.16. The molecular formula is C10H14BrNO3S. The van der Waals surface area contributed by atoms with Crippen LogP contribution >= 0.6 is 15.9 Å². The molecule has 0 aliphatic rings. The maximum atomic E-state index is 11.9. The molecule has 90 valence electrons. The molecule has 0 aromatic heterocycles. The largest absolute Gasteiger partial charge is 0.383 e. The number of nitrogens with one attached hydrogen (secondary N) is 1. The first-order valence-electron chi connectivity index (χ1n) is 4.72. The Kier molecular flexibility index (Phi) is 4.91. The molecule has 0 aliphatic carbocycles. The normalized spacial score (nSPS) is 13.7. The highest BCUT2D eigenvalue weighted by molar-refractivity contribution is 9.10. The van der Waals surface area contributed by atoms with Crippen molar-refractivity contribution in [1.82, 2.24) is 4.72 Å². The van der Waals surface area contributed by atoms with Crippen molar-refractivity contribution in [2.45, 2.75) is 17.9 Å². The second-order valence-corrected chi connectivity index (χ2v) is 6.06. The number of hydrogen-bond donors (Lipinski definition) is 1. The first kappa shape index (κ1) is 13.6. The highest BCUT2D eigenvalue weighted by atomic mass is 79.9. The minimum Gasteiger partial charge on any atom is -0.383 e. The predicted molar refractivity (Wildman–Crippen MR) is 65.8 cm³/mol. The monoisotopic (exact) mass is 307 g/mol. The molecule has 0 radical (unpaired) electrons. The van der Waals surface area contributed by atoms with Gasteiger partial charge in [-0.2, -0.15) is 0 Å². The van der Waals surface area contributed by atoms with Crippen molar-refractivity contribution in [3.05, 3.63) is 28.7 Å². The Balaban J connectivity index is 2.86. The molecule has 4 nitrogen and oxygen atoms in total. The molecule has 1 aromatic rings. The van der Waals surface area contributed by atoms with E-state index >= 15 is 0 Å². The van der Waals surface area contributed by atoms with Crippen LogP contribution in [0.15, 0.2) is 33.6 Å². The Labute approximate surface area is 104 Å². The number of hydrogen-bond acceptors (Lipinski definition) is 3. The summed E-state index contributed by atoms with van der Waals surface area (Å²) in [5.41, 5.74) is 0. The maximum absolute atomic E-state index is 11.9. The molecule has 1 N–H and O–H groups in total. The summed E-state index contributed by atoms with van der Waals surface area (Å²) in [6.45, 7) is 2.09. The summed E-state index contributed by atoms with van der Waals surface area (Å²) in [5.74, 6) is 0. The van der Waals surface area contributed by atoms with Crippen LogP contribution in [0.1, 0.15) is 6.92 Å². The molecular weight excluding hydrogens is 294 g/mol. The number of ether oxygens (including phenoxy) is 1. The van der Waals surface area contributed by atoms with E-state index in [2.05, 4.69) is 20.7 Å². The molecule has 6 heteroatoms. The van der Waals surface area contributed by atoms with E-state index in [0.29, 0.717) is 6.61 Å². The molecule has 0 saturated heterocycles. The minimum absolute atomic E-state index is 0.241. The fraction of sp³-hybridized carbons (Fsp3) is 0.400. The minimum atomic E-state index is -3.46. The molecule has 0 fully saturated rings. The van der Waals surface area contributed by atoms with Crippen LogP contribution in [0.3, 0.4) is 0 Å². The maximum Gasteiger partial charge on any atom is 0.240 e. The van der Waals surface area contributed by atoms with Gasteiger partial charge in [0.2, 0.25) is 10.0 Å². The molecule has 0 bridgehead atoms. The summed E-state index contributed by atoms with van der Waals surface area (Å²) in [6, 6.07) is 6.31. The van der Waals surface area contributed by atoms with E-state index in [1.165, 1.54) is 7.11 Å². The molecule has 0 spiro atoms. The van der Waals surface area contributed by atoms with Gasteiger partial charge < -0.3 is 4.74 Å². The van der Waals surface area contributed by atoms with E-state index in [4.69, 9.17) is 4.74 Å². The third-order valence-electron chi connectivity index (χ3n) is 1.88. The number of halogens is 1. The summed E-state index contributed by atoms with van der Waals surface area (Å²) >= 11 is 3.23. The lowest BCUT2D eigenvalue weighted by molar-refractivity contribution is 0.180. The second-order valence-electron chi connectivity index (χ2n) is 3.44. The van der Waals surface area contributed by atoms with Gasteiger partial charge in [0, 0.05) is 17.6 Å². The lowest BCUT2D eigenvalue weighted by Crippen LogP contribution is -2.35. The van der Waals surface area contributed by atoms with Crippen LogP contribution in [0.4, 0.5) is 0 Å². The van der Waals surface area contributed by atoms with E-state index in [1.807, 2.05) is 0 Å². The summed E-state index contributed by atoms with van der Waals surface area (Å²) in [4.78, 5) is 0.241. The lowest BCUT2D eigenvalue weighted by Gasteiger charge is -2.13. The van der Waals surface area contributed by atoms with Crippen molar-refractivity contribution in [2.24, 2.45) is 0 Å². The zero-order valence-electron chi connectivity index (χ0n) is 9.10. The first-order chi connectivity index (χ1) is 7.45. The number of rotatable bonds is 5. The Morgan fingerprint density at radius 1 is 1.50 bits per heavy atom. The van der Waals surface area contributed by atoms with E-state index < -0.39 is 10.0 Å². The van der Waals surface area contributed by atoms with Gasteiger partial charge in [0.25, 0.3) is 0 Å². The van der Waals surface area contributed by atoms with E-state index in [-0.39, 0.29) is 10.9 Å². The number of methoxy groups -OCH3 is 1. The van der Waals surface area contributed by atoms with Crippen molar-refractivity contribution >= 4 is 26.0 Å². The van der Waals surface area contributed by atoms with Gasteiger partial charge in [-0.25, -0.2) is 13.1 Å². The van der Waals surface area contributed by atoms with Crippen LogP contribution in [0.5, 0.6) is 0 Å². The molecule has 1 aromatic carbocycles. The lowest BCUT2D eigenvalue weighted by atomic mass is 10.4. The Morgan fingerprint density at radius 3 is 2.75 bits per heavy atom. The molecule has 1 unspecified atom stereocenters. The first-order valence-corrected chi connectivity index (χ1v) is 7.00. The quantitative estimate of drug-likeness (QED) is 0.902. The molecule has 0 heterocycles. The van der Waals surface area contributed by atoms with Gasteiger partial charge in [-0.3, -0.25) is 0 Å². The van der Waals surface area contributed by atoms with E-state index in [9.17, 15) is 8.42 Å². The van der Waals surface area contributed by atoms with Gasteiger partial charge in [0.15, 0.2) is 0 Å². The third-order valence-corrected chi connectivity index (χ3v) is 3.96. The van der Waals surface area contributed by atoms with Crippen LogP contribution in [0.25, 0.3) is 0 Å². The van der Waals surface area contributed by atoms with Gasteiger partial charge >= 0.3 is 0 Å². The fourth-order valence-corrected chi connectivity index (χ4v) is 3.08. The Hall–Kier alpha value is -0.430. The van der Waals surface area contributed by atoms with Crippen molar-refractivity contribution in [3.63, 3.8) is 0 Å². The van der Waals surface area contributed by atoms with Crippen LogP contribution in [-0.2, 0) is 14.8 Å². The summed E-state index contributed by atoms with van der Waals surface area (Å²) in [5, 5.41) is 0. The fourth-order valence-electron chi connectivity index (χ4n) is 1.25. The van der Waals surface area contributed by atoms with E-state index in [0.717, 1.165) is 4.47 Å². The van der Waals surface area contributed by atoms with Gasteiger partial charge in [0.05, 0.1) is 11.5 Å². The number of benzene rings is 1. The third kappa shape index (κ3) is 3.86. The standard InChI is InChI=1S/C10H14BrNO3S/c1-8(7-15-2)12-16(13,14)10-5-3-4-9(11)6-10/h3-6,8,12H,7H2,1-2H3. The second kappa shape index (κ2) is 5.77. The topological polar surface area (TPSA) is 55.4 Å². The highest BCUT2D eigenvalue weighted by Gasteiger charge is 2.17. The average molecular weight is 308 g/mol. The van der Waals surface area contributed by atoms with Crippen molar-refractivity contribution in [1.29, 1.82) is 0 Å². The van der Waals surface area contributed by atoms with Crippen LogP contribution < -0.4 is 4.72 Å². The van der Waals surface area contributed by atoms with Gasteiger partial charge in [-0.05, 0) is 25.1 Å². The smallest absolute Gasteiger partial charge is 0.240 e. The van der Waals surface area contributed by atoms with Gasteiger partial charge in [0.1, 0.15) is 0 Å². The molecule has 0 aliphatic heterocycles. The molecule has 0 amide bonds. The predicted octanol–water partition coefficient (Wildman–Crippen LogP) is 1.76. The van der Waals surface area contributed by atoms with Crippen molar-refractivity contribution in [2.75, 3.05) is 13.7 Å². The van der Waals surface area contributed by atoms with E-state index in [1.54, 1.807) is 31.2 Å².